The fraction of sp³-hybridized carbons (Fsp3) is 0.167. The standard InChI is InChI=1S/C18H16N2O5/c1-22-14-7-3-12(4-8-14)17-19-16(20-25-17)11-24-15-9-5-13(6-10-15)18(21)23-2/h3-10H,11H2,1-2H3. The molecule has 0 N–H and O–H groups in total. The molecule has 1 heterocycles. The van der Waals surface area contributed by atoms with E-state index in [1.54, 1.807) is 31.4 Å². The van der Waals surface area contributed by atoms with E-state index < -0.39 is 5.97 Å². The summed E-state index contributed by atoms with van der Waals surface area (Å²) in [7, 11) is 2.94. The molecule has 0 spiro atoms. The fourth-order valence-corrected chi connectivity index (χ4v) is 2.12. The summed E-state index contributed by atoms with van der Waals surface area (Å²) < 4.78 is 20.6. The molecule has 128 valence electrons. The highest BCUT2D eigenvalue weighted by atomic mass is 16.5. The van der Waals surface area contributed by atoms with Crippen LogP contribution in [0.5, 0.6) is 11.5 Å². The van der Waals surface area contributed by atoms with Gasteiger partial charge >= 0.3 is 5.97 Å². The van der Waals surface area contributed by atoms with Gasteiger partial charge in [0.05, 0.1) is 19.8 Å². The number of hydrogen-bond acceptors (Lipinski definition) is 7. The molecule has 0 saturated carbocycles. The van der Waals surface area contributed by atoms with Gasteiger partial charge in [0, 0.05) is 5.56 Å². The van der Waals surface area contributed by atoms with Crippen LogP contribution in [0.1, 0.15) is 16.2 Å². The van der Waals surface area contributed by atoms with Crippen molar-refractivity contribution >= 4 is 5.97 Å². The monoisotopic (exact) mass is 340 g/mol. The zero-order chi connectivity index (χ0) is 17.6. The number of nitrogens with zero attached hydrogens (tertiary/aromatic N) is 2. The van der Waals surface area contributed by atoms with Crippen molar-refractivity contribution in [2.45, 2.75) is 6.61 Å². The summed E-state index contributed by atoms with van der Waals surface area (Å²) in [6, 6.07) is 13.9. The second-order valence-electron chi connectivity index (χ2n) is 5.05. The van der Waals surface area contributed by atoms with Crippen LogP contribution in [-0.2, 0) is 11.3 Å². The topological polar surface area (TPSA) is 83.7 Å². The number of carbonyl (C=O) groups is 1. The van der Waals surface area contributed by atoms with Gasteiger partial charge in [-0.05, 0) is 48.5 Å². The molecule has 3 aromatic rings. The quantitative estimate of drug-likeness (QED) is 0.637. The molecule has 0 atom stereocenters. The average molecular weight is 340 g/mol. The van der Waals surface area contributed by atoms with Crippen LogP contribution in [0.2, 0.25) is 0 Å². The van der Waals surface area contributed by atoms with Gasteiger partial charge in [-0.1, -0.05) is 5.16 Å². The van der Waals surface area contributed by atoms with Crippen molar-refractivity contribution in [2.24, 2.45) is 0 Å². The zero-order valence-corrected chi connectivity index (χ0v) is 13.8. The second-order valence-corrected chi connectivity index (χ2v) is 5.05. The Morgan fingerprint density at radius 1 is 1.00 bits per heavy atom. The van der Waals surface area contributed by atoms with Crippen molar-refractivity contribution in [3.05, 3.63) is 59.9 Å². The summed E-state index contributed by atoms with van der Waals surface area (Å²) in [6.45, 7) is 0.150. The SMILES string of the molecule is COC(=O)c1ccc(OCc2noc(-c3ccc(OC)cc3)n2)cc1. The maximum atomic E-state index is 11.4. The van der Waals surface area contributed by atoms with E-state index in [-0.39, 0.29) is 6.61 Å². The lowest BCUT2D eigenvalue weighted by Gasteiger charge is -2.04. The van der Waals surface area contributed by atoms with Crippen molar-refractivity contribution in [1.29, 1.82) is 0 Å². The Bertz CT molecular complexity index is 841. The van der Waals surface area contributed by atoms with Gasteiger partial charge in [0.1, 0.15) is 11.5 Å². The third-order valence-electron chi connectivity index (χ3n) is 3.45. The van der Waals surface area contributed by atoms with Crippen molar-refractivity contribution in [3.63, 3.8) is 0 Å². The molecule has 7 heteroatoms. The molecule has 0 aliphatic rings. The first-order chi connectivity index (χ1) is 12.2. The summed E-state index contributed by atoms with van der Waals surface area (Å²) in [5.74, 6) is 1.77. The normalized spacial score (nSPS) is 10.3. The number of benzene rings is 2. The van der Waals surface area contributed by atoms with Crippen LogP contribution in [0.15, 0.2) is 53.1 Å². The summed E-state index contributed by atoms with van der Waals surface area (Å²) in [5.41, 5.74) is 1.25. The minimum absolute atomic E-state index is 0.150. The van der Waals surface area contributed by atoms with Gasteiger partial charge in [-0.2, -0.15) is 4.98 Å². The molecule has 25 heavy (non-hydrogen) atoms. The van der Waals surface area contributed by atoms with Crippen LogP contribution in [-0.4, -0.2) is 30.3 Å². The Morgan fingerprint density at radius 2 is 1.68 bits per heavy atom. The molecule has 0 bridgehead atoms. The summed E-state index contributed by atoms with van der Waals surface area (Å²) in [4.78, 5) is 15.7. The van der Waals surface area contributed by atoms with Crippen LogP contribution < -0.4 is 9.47 Å². The maximum Gasteiger partial charge on any atom is 0.337 e. The highest BCUT2D eigenvalue weighted by Crippen LogP contribution is 2.21. The molecule has 7 nitrogen and oxygen atoms in total. The first-order valence-electron chi connectivity index (χ1n) is 7.48. The third kappa shape index (κ3) is 3.95. The molecule has 0 fully saturated rings. The number of aromatic nitrogens is 2. The fourth-order valence-electron chi connectivity index (χ4n) is 2.12. The van der Waals surface area contributed by atoms with Gasteiger partial charge in [0.15, 0.2) is 6.61 Å². The molecule has 0 aliphatic carbocycles. The molecule has 0 saturated heterocycles. The average Bonchev–Trinajstić information content (AvgIpc) is 3.15. The lowest BCUT2D eigenvalue weighted by molar-refractivity contribution is 0.0600. The van der Waals surface area contributed by atoms with Crippen LogP contribution in [0, 0.1) is 0 Å². The predicted molar refractivity (Wildman–Crippen MR) is 88.4 cm³/mol. The minimum atomic E-state index is -0.395. The molecule has 0 radical (unpaired) electrons. The van der Waals surface area contributed by atoms with Crippen LogP contribution in [0.25, 0.3) is 11.5 Å². The highest BCUT2D eigenvalue weighted by molar-refractivity contribution is 5.89. The van der Waals surface area contributed by atoms with Gasteiger partial charge < -0.3 is 18.7 Å². The van der Waals surface area contributed by atoms with Crippen LogP contribution in [0.3, 0.4) is 0 Å². The van der Waals surface area contributed by atoms with Gasteiger partial charge in [0.25, 0.3) is 5.89 Å². The summed E-state index contributed by atoms with van der Waals surface area (Å²) in [6.07, 6.45) is 0. The molecule has 0 aliphatic heterocycles. The van der Waals surface area contributed by atoms with Crippen molar-refractivity contribution < 1.29 is 23.5 Å². The Morgan fingerprint density at radius 3 is 2.32 bits per heavy atom. The largest absolute Gasteiger partial charge is 0.497 e. The Balaban J connectivity index is 1.62. The van der Waals surface area contributed by atoms with Crippen molar-refractivity contribution in [3.8, 4) is 23.0 Å². The number of hydrogen-bond donors (Lipinski definition) is 0. The molecule has 3 rings (SSSR count). The Hall–Kier alpha value is -3.35. The van der Waals surface area contributed by atoms with E-state index >= 15 is 0 Å². The van der Waals surface area contributed by atoms with Gasteiger partial charge in [-0.25, -0.2) is 4.79 Å². The highest BCUT2D eigenvalue weighted by Gasteiger charge is 2.10. The molecule has 1 aromatic heterocycles. The van der Waals surface area contributed by atoms with E-state index in [9.17, 15) is 4.79 Å². The van der Waals surface area contributed by atoms with E-state index in [0.717, 1.165) is 11.3 Å². The van der Waals surface area contributed by atoms with Gasteiger partial charge in [-0.3, -0.25) is 0 Å². The predicted octanol–water partition coefficient (Wildman–Crippen LogP) is 3.11. The van der Waals surface area contributed by atoms with Crippen LogP contribution >= 0.6 is 0 Å². The third-order valence-corrected chi connectivity index (χ3v) is 3.45. The number of rotatable bonds is 6. The Kier molecular flexibility index (Phi) is 4.94. The van der Waals surface area contributed by atoms with E-state index in [1.807, 2.05) is 24.3 Å². The lowest BCUT2D eigenvalue weighted by atomic mass is 10.2. The maximum absolute atomic E-state index is 11.4. The summed E-state index contributed by atoms with van der Waals surface area (Å²) in [5, 5.41) is 3.89. The van der Waals surface area contributed by atoms with Gasteiger partial charge in [0.2, 0.25) is 5.82 Å². The first-order valence-corrected chi connectivity index (χ1v) is 7.48. The number of ether oxygens (including phenoxy) is 3. The Labute approximate surface area is 144 Å². The van der Waals surface area contributed by atoms with Crippen molar-refractivity contribution in [1.82, 2.24) is 10.1 Å². The summed E-state index contributed by atoms with van der Waals surface area (Å²) >= 11 is 0. The van der Waals surface area contributed by atoms with E-state index in [2.05, 4.69) is 14.9 Å². The molecule has 0 amide bonds. The van der Waals surface area contributed by atoms with Gasteiger partial charge in [-0.15, -0.1) is 0 Å². The van der Waals surface area contributed by atoms with Crippen LogP contribution in [0.4, 0.5) is 0 Å². The minimum Gasteiger partial charge on any atom is -0.497 e. The van der Waals surface area contributed by atoms with E-state index in [4.69, 9.17) is 14.0 Å². The van der Waals surface area contributed by atoms with Crippen molar-refractivity contribution in [2.75, 3.05) is 14.2 Å². The molecule has 0 unspecified atom stereocenters. The molecular weight excluding hydrogens is 324 g/mol. The van der Waals surface area contributed by atoms with E-state index in [1.165, 1.54) is 7.11 Å². The molecule has 2 aromatic carbocycles. The van der Waals surface area contributed by atoms with E-state index in [0.29, 0.717) is 23.0 Å². The first kappa shape index (κ1) is 16.5. The second kappa shape index (κ2) is 7.48. The number of esters is 1. The number of carbonyl (C=O) groups excluding carboxylic acids is 1. The smallest absolute Gasteiger partial charge is 0.337 e. The molecular formula is C18H16N2O5. The zero-order valence-electron chi connectivity index (χ0n) is 13.8. The lowest BCUT2D eigenvalue weighted by Crippen LogP contribution is -2.01. The number of methoxy groups -OCH3 is 2.